The number of fused-ring (bicyclic) bond motifs is 1. The highest BCUT2D eigenvalue weighted by Gasteiger charge is 2.42. The van der Waals surface area contributed by atoms with E-state index in [4.69, 9.17) is 4.74 Å². The maximum absolute atomic E-state index is 11.7. The Morgan fingerprint density at radius 1 is 1.05 bits per heavy atom. The predicted octanol–water partition coefficient (Wildman–Crippen LogP) is 4.91. The lowest BCUT2D eigenvalue weighted by Crippen LogP contribution is -2.49. The van der Waals surface area contributed by atoms with Crippen molar-refractivity contribution in [1.82, 2.24) is 10.2 Å². The molecule has 39 heavy (non-hydrogen) atoms. The van der Waals surface area contributed by atoms with Crippen LogP contribution in [0.1, 0.15) is 62.3 Å². The third-order valence-electron chi connectivity index (χ3n) is 6.99. The van der Waals surface area contributed by atoms with Gasteiger partial charge in [-0.15, -0.1) is 0 Å². The van der Waals surface area contributed by atoms with Gasteiger partial charge in [-0.2, -0.15) is 10.6 Å². The van der Waals surface area contributed by atoms with Gasteiger partial charge in [0.15, 0.2) is 0 Å². The third kappa shape index (κ3) is 8.61. The first-order chi connectivity index (χ1) is 18.1. The number of rotatable bonds is 12. The molecular formula is C25H40N2O9P2S. The molecular weight excluding hydrogens is 566 g/mol. The molecule has 14 heteroatoms. The molecule has 3 rings (SSSR count). The topological polar surface area (TPSA) is 180 Å². The molecule has 0 spiro atoms. The van der Waals surface area contributed by atoms with Crippen LogP contribution in [0.3, 0.4) is 0 Å². The van der Waals surface area contributed by atoms with Crippen molar-refractivity contribution in [3.05, 3.63) is 59.2 Å². The smallest absolute Gasteiger partial charge is 0.339 e. The van der Waals surface area contributed by atoms with Crippen molar-refractivity contribution in [2.45, 2.75) is 62.6 Å². The van der Waals surface area contributed by atoms with Crippen LogP contribution in [-0.2, 0) is 15.7 Å². The number of nitrogens with one attached hydrogen (secondary N) is 1. The fourth-order valence-corrected chi connectivity index (χ4v) is 9.03. The summed E-state index contributed by atoms with van der Waals surface area (Å²) in [5.74, 6) is 0.374. The molecule has 2 aromatic rings. The summed E-state index contributed by atoms with van der Waals surface area (Å²) in [6.07, 6.45) is 1.44. The SMILES string of the molecule is CCCC[C@]1(CC)CS(O)(O)c2cc(CN(CP(=O)(O)O)CP(=O)(O)O)c(OC)cc2[C@@H](c2ccccc2)N1. The van der Waals surface area contributed by atoms with E-state index in [1.165, 1.54) is 7.11 Å². The Balaban J connectivity index is 2.20. The van der Waals surface area contributed by atoms with Crippen LogP contribution in [0.2, 0.25) is 0 Å². The highest BCUT2D eigenvalue weighted by Crippen LogP contribution is 2.58. The molecule has 0 saturated carbocycles. The summed E-state index contributed by atoms with van der Waals surface area (Å²) in [6.45, 7) is 3.81. The number of hydrogen-bond donors (Lipinski definition) is 7. The molecule has 1 aliphatic heterocycles. The molecule has 0 aliphatic carbocycles. The van der Waals surface area contributed by atoms with Gasteiger partial charge >= 0.3 is 15.2 Å². The van der Waals surface area contributed by atoms with Gasteiger partial charge in [-0.1, -0.05) is 57.0 Å². The number of unbranched alkanes of at least 4 members (excludes halogenated alkanes) is 1. The van der Waals surface area contributed by atoms with Gasteiger partial charge in [0.05, 0.1) is 23.8 Å². The Kier molecular flexibility index (Phi) is 10.5. The highest BCUT2D eigenvalue weighted by molar-refractivity contribution is 8.24. The van der Waals surface area contributed by atoms with Crippen molar-refractivity contribution < 1.29 is 42.5 Å². The number of nitrogens with zero attached hydrogens (tertiary/aromatic N) is 1. The van der Waals surface area contributed by atoms with Gasteiger partial charge < -0.3 is 24.3 Å². The fraction of sp³-hybridized carbons (Fsp3) is 0.520. The van der Waals surface area contributed by atoms with Gasteiger partial charge in [-0.05, 0) is 30.5 Å². The summed E-state index contributed by atoms with van der Waals surface area (Å²) in [4.78, 5) is 39.3. The van der Waals surface area contributed by atoms with Gasteiger partial charge in [0.25, 0.3) is 0 Å². The van der Waals surface area contributed by atoms with Crippen molar-refractivity contribution >= 4 is 25.8 Å². The predicted molar refractivity (Wildman–Crippen MR) is 152 cm³/mol. The van der Waals surface area contributed by atoms with E-state index >= 15 is 0 Å². The number of benzene rings is 2. The van der Waals surface area contributed by atoms with Gasteiger partial charge in [0.1, 0.15) is 18.3 Å². The highest BCUT2D eigenvalue weighted by atomic mass is 32.3. The molecule has 2 aromatic carbocycles. The van der Waals surface area contributed by atoms with E-state index in [0.29, 0.717) is 23.3 Å². The minimum Gasteiger partial charge on any atom is -0.496 e. The fourth-order valence-electron chi connectivity index (χ4n) is 5.18. The Hall–Kier alpha value is -1.27. The van der Waals surface area contributed by atoms with E-state index in [0.717, 1.165) is 29.7 Å². The van der Waals surface area contributed by atoms with Gasteiger partial charge in [-0.25, -0.2) is 0 Å². The van der Waals surface area contributed by atoms with Crippen LogP contribution < -0.4 is 10.1 Å². The molecule has 0 unspecified atom stereocenters. The molecule has 7 N–H and O–H groups in total. The van der Waals surface area contributed by atoms with Crippen molar-refractivity contribution in [1.29, 1.82) is 0 Å². The Morgan fingerprint density at radius 3 is 2.18 bits per heavy atom. The van der Waals surface area contributed by atoms with Gasteiger partial charge in [0.2, 0.25) is 0 Å². The van der Waals surface area contributed by atoms with E-state index in [2.05, 4.69) is 12.2 Å². The molecule has 0 bridgehead atoms. The molecule has 11 nitrogen and oxygen atoms in total. The first kappa shape index (κ1) is 32.2. The molecule has 0 aromatic heterocycles. The monoisotopic (exact) mass is 606 g/mol. The average molecular weight is 607 g/mol. The quantitative estimate of drug-likeness (QED) is 0.163. The van der Waals surface area contributed by atoms with Crippen LogP contribution in [0.15, 0.2) is 47.4 Å². The lowest BCUT2D eigenvalue weighted by atomic mass is 9.88. The van der Waals surface area contributed by atoms with Crippen LogP contribution in [0.5, 0.6) is 5.75 Å². The Labute approximate surface area is 231 Å². The first-order valence-electron chi connectivity index (χ1n) is 12.7. The molecule has 0 fully saturated rings. The second-order valence-electron chi connectivity index (χ2n) is 10.2. The Bertz CT molecular complexity index is 1200. The molecule has 220 valence electrons. The van der Waals surface area contributed by atoms with E-state index in [9.17, 15) is 37.8 Å². The lowest BCUT2D eigenvalue weighted by Gasteiger charge is -2.42. The van der Waals surface area contributed by atoms with E-state index < -0.39 is 49.9 Å². The van der Waals surface area contributed by atoms with E-state index in [1.807, 2.05) is 37.3 Å². The van der Waals surface area contributed by atoms with Crippen LogP contribution >= 0.6 is 25.8 Å². The molecule has 0 radical (unpaired) electrons. The minimum atomic E-state index is -4.67. The lowest BCUT2D eigenvalue weighted by molar-refractivity contribution is 0.269. The maximum Gasteiger partial charge on any atom is 0.339 e. The van der Waals surface area contributed by atoms with Crippen LogP contribution in [-0.4, -0.2) is 64.6 Å². The maximum atomic E-state index is 11.7. The summed E-state index contributed by atoms with van der Waals surface area (Å²) in [6, 6.07) is 12.5. The van der Waals surface area contributed by atoms with Crippen LogP contribution in [0.25, 0.3) is 0 Å². The molecule has 1 aliphatic rings. The molecule has 0 saturated heterocycles. The molecule has 0 amide bonds. The largest absolute Gasteiger partial charge is 0.496 e. The van der Waals surface area contributed by atoms with Crippen molar-refractivity contribution in [2.75, 3.05) is 25.4 Å². The van der Waals surface area contributed by atoms with Gasteiger partial charge in [0, 0.05) is 23.2 Å². The third-order valence-corrected chi connectivity index (χ3v) is 10.5. The summed E-state index contributed by atoms with van der Waals surface area (Å²) in [7, 11) is -11.3. The average Bonchev–Trinajstić information content (AvgIpc) is 2.93. The minimum absolute atomic E-state index is 0.0767. The summed E-state index contributed by atoms with van der Waals surface area (Å²) in [5.41, 5.74) is 1.27. The van der Waals surface area contributed by atoms with Crippen molar-refractivity contribution in [3.63, 3.8) is 0 Å². The zero-order valence-corrected chi connectivity index (χ0v) is 25.0. The summed E-state index contributed by atoms with van der Waals surface area (Å²) >= 11 is 0. The second kappa shape index (κ2) is 12.7. The van der Waals surface area contributed by atoms with E-state index in [1.54, 1.807) is 12.1 Å². The van der Waals surface area contributed by atoms with Gasteiger partial charge in [-0.3, -0.25) is 28.5 Å². The standard InChI is InChI=1S/C25H40N2O9P2S/c1-4-6-12-25(5-2)16-39(34,35)23-13-20(15-27(17-37(28,29)30)18-38(31,32)33)22(36-3)14-21(23)24(26-25)19-10-8-7-9-11-19/h7-11,13-14,24,26,34-35H,4-6,12,15-18H2,1-3H3,(H2,28,29,30)(H2,31,32,33)/t24-,25-/m1/s1. The van der Waals surface area contributed by atoms with E-state index in [-0.39, 0.29) is 17.2 Å². The zero-order chi connectivity index (χ0) is 29.1. The zero-order valence-electron chi connectivity index (χ0n) is 22.4. The summed E-state index contributed by atoms with van der Waals surface area (Å²) in [5, 5.41) is 3.74. The normalized spacial score (nSPS) is 22.3. The number of ether oxygens (including phenoxy) is 1. The Morgan fingerprint density at radius 2 is 1.67 bits per heavy atom. The molecule has 2 atom stereocenters. The summed E-state index contributed by atoms with van der Waals surface area (Å²) < 4.78 is 52.3. The van der Waals surface area contributed by atoms with Crippen LogP contribution in [0.4, 0.5) is 0 Å². The van der Waals surface area contributed by atoms with Crippen LogP contribution in [0, 0.1) is 0 Å². The number of methoxy groups -OCH3 is 1. The number of hydrogen-bond acceptors (Lipinski definition) is 7. The van der Waals surface area contributed by atoms with Crippen molar-refractivity contribution in [2.24, 2.45) is 0 Å². The molecule has 1 heterocycles. The van der Waals surface area contributed by atoms with Crippen molar-refractivity contribution in [3.8, 4) is 5.75 Å². The first-order valence-corrected chi connectivity index (χ1v) is 18.0. The second-order valence-corrected chi connectivity index (χ2v) is 15.5.